The van der Waals surface area contributed by atoms with Gasteiger partial charge in [0.05, 0.1) is 6.42 Å². The molecule has 0 bridgehead atoms. The lowest BCUT2D eigenvalue weighted by atomic mass is 10.1. The lowest BCUT2D eigenvalue weighted by Crippen LogP contribution is -2.46. The summed E-state index contributed by atoms with van der Waals surface area (Å²) in [6.45, 7) is 2.04. The molecule has 33 heavy (non-hydrogen) atoms. The molecule has 1 aromatic heterocycles. The highest BCUT2D eigenvalue weighted by Crippen LogP contribution is 2.35. The minimum Gasteiger partial charge on any atom is -0.354 e. The number of nitrogens with zero attached hydrogens (tertiary/aromatic N) is 3. The van der Waals surface area contributed by atoms with Crippen molar-refractivity contribution in [2.45, 2.75) is 37.9 Å². The number of aromatic nitrogens is 1. The number of hydrogen-bond donors (Lipinski definition) is 1. The molecule has 0 saturated carbocycles. The predicted molar refractivity (Wildman–Crippen MR) is 128 cm³/mol. The number of carbonyl (C=O) groups is 2. The fourth-order valence-electron chi connectivity index (χ4n) is 4.99. The van der Waals surface area contributed by atoms with Gasteiger partial charge in [0.1, 0.15) is 0 Å². The Balaban J connectivity index is 1.31. The Morgan fingerprint density at radius 1 is 0.939 bits per heavy atom. The van der Waals surface area contributed by atoms with Gasteiger partial charge in [-0.05, 0) is 48.7 Å². The van der Waals surface area contributed by atoms with E-state index in [0.717, 1.165) is 36.3 Å². The Bertz CT molecular complexity index is 1120. The molecule has 3 aromatic rings. The number of benzene rings is 2. The Morgan fingerprint density at radius 2 is 1.73 bits per heavy atom. The van der Waals surface area contributed by atoms with Crippen LogP contribution >= 0.6 is 0 Å². The molecule has 2 aliphatic rings. The van der Waals surface area contributed by atoms with Gasteiger partial charge in [0.2, 0.25) is 5.91 Å². The summed E-state index contributed by atoms with van der Waals surface area (Å²) in [6, 6.07) is 23.8. The van der Waals surface area contributed by atoms with Gasteiger partial charge in [-0.3, -0.25) is 19.5 Å². The van der Waals surface area contributed by atoms with Crippen molar-refractivity contribution >= 4 is 17.5 Å². The summed E-state index contributed by atoms with van der Waals surface area (Å²) in [5.41, 5.74) is 3.62. The van der Waals surface area contributed by atoms with Gasteiger partial charge >= 0.3 is 0 Å². The van der Waals surface area contributed by atoms with Crippen molar-refractivity contribution in [3.63, 3.8) is 0 Å². The molecule has 2 aromatic carbocycles. The maximum Gasteiger partial charge on any atom is 0.258 e. The van der Waals surface area contributed by atoms with Gasteiger partial charge in [0.25, 0.3) is 5.91 Å². The second-order valence-corrected chi connectivity index (χ2v) is 8.77. The Labute approximate surface area is 194 Å². The molecule has 6 heteroatoms. The predicted octanol–water partition coefficient (Wildman–Crippen LogP) is 3.43. The third-order valence-corrected chi connectivity index (χ3v) is 6.67. The van der Waals surface area contributed by atoms with Crippen molar-refractivity contribution in [3.8, 4) is 0 Å². The Hall–Kier alpha value is -3.51. The zero-order chi connectivity index (χ0) is 22.6. The van der Waals surface area contributed by atoms with Crippen molar-refractivity contribution in [2.24, 2.45) is 0 Å². The number of para-hydroxylation sites is 1. The zero-order valence-corrected chi connectivity index (χ0v) is 18.6. The van der Waals surface area contributed by atoms with Crippen LogP contribution in [0.4, 0.5) is 5.69 Å². The summed E-state index contributed by atoms with van der Waals surface area (Å²) in [5, 5.41) is 3.11. The molecule has 168 valence electrons. The van der Waals surface area contributed by atoms with Crippen molar-refractivity contribution in [1.82, 2.24) is 15.2 Å². The van der Waals surface area contributed by atoms with Crippen molar-refractivity contribution < 1.29 is 9.59 Å². The molecular weight excluding hydrogens is 412 g/mol. The molecule has 6 nitrogen and oxygen atoms in total. The molecule has 2 aliphatic heterocycles. The first kappa shape index (κ1) is 21.3. The summed E-state index contributed by atoms with van der Waals surface area (Å²) in [4.78, 5) is 34.5. The molecule has 0 radical (unpaired) electrons. The van der Waals surface area contributed by atoms with E-state index in [9.17, 15) is 9.59 Å². The van der Waals surface area contributed by atoms with Gasteiger partial charge in [-0.15, -0.1) is 0 Å². The second kappa shape index (κ2) is 9.55. The van der Waals surface area contributed by atoms with E-state index < -0.39 is 0 Å². The normalized spacial score (nSPS) is 19.9. The number of anilines is 1. The van der Waals surface area contributed by atoms with Gasteiger partial charge < -0.3 is 10.2 Å². The average molecular weight is 441 g/mol. The van der Waals surface area contributed by atoms with E-state index in [4.69, 9.17) is 0 Å². The van der Waals surface area contributed by atoms with Crippen LogP contribution in [0.5, 0.6) is 0 Å². The second-order valence-electron chi connectivity index (χ2n) is 8.77. The summed E-state index contributed by atoms with van der Waals surface area (Å²) >= 11 is 0. The van der Waals surface area contributed by atoms with Crippen molar-refractivity contribution in [3.05, 3.63) is 95.8 Å². The minimum absolute atomic E-state index is 0.00625. The largest absolute Gasteiger partial charge is 0.354 e. The van der Waals surface area contributed by atoms with Crippen LogP contribution < -0.4 is 10.2 Å². The fourth-order valence-corrected chi connectivity index (χ4v) is 4.99. The SMILES string of the molecule is O=C(Cc1ccccn1)NC[C@@H]1CC[C@@H]2CN(C(=O)c3ccccc3)c3ccccc3CN21. The van der Waals surface area contributed by atoms with Gasteiger partial charge in [-0.25, -0.2) is 0 Å². The van der Waals surface area contributed by atoms with Gasteiger partial charge in [-0.1, -0.05) is 42.5 Å². The third-order valence-electron chi connectivity index (χ3n) is 6.67. The molecule has 1 fully saturated rings. The van der Waals surface area contributed by atoms with E-state index in [1.54, 1.807) is 6.20 Å². The van der Waals surface area contributed by atoms with Crippen LogP contribution in [0.1, 0.15) is 34.5 Å². The molecule has 1 saturated heterocycles. The van der Waals surface area contributed by atoms with Crippen LogP contribution in [-0.4, -0.2) is 46.9 Å². The summed E-state index contributed by atoms with van der Waals surface area (Å²) < 4.78 is 0. The number of carbonyl (C=O) groups excluding carboxylic acids is 2. The van der Waals surface area contributed by atoms with Crippen LogP contribution in [0, 0.1) is 0 Å². The maximum absolute atomic E-state index is 13.4. The molecule has 0 unspecified atom stereocenters. The van der Waals surface area contributed by atoms with E-state index in [1.165, 1.54) is 0 Å². The lowest BCUT2D eigenvalue weighted by Gasteiger charge is -2.29. The quantitative estimate of drug-likeness (QED) is 0.660. The van der Waals surface area contributed by atoms with E-state index in [1.807, 2.05) is 71.6 Å². The zero-order valence-electron chi connectivity index (χ0n) is 18.6. The highest BCUT2D eigenvalue weighted by atomic mass is 16.2. The average Bonchev–Trinajstić information content (AvgIpc) is 3.15. The maximum atomic E-state index is 13.4. The molecule has 2 atom stereocenters. The highest BCUT2D eigenvalue weighted by molar-refractivity contribution is 6.06. The number of nitrogens with one attached hydrogen (secondary N) is 1. The summed E-state index contributed by atoms with van der Waals surface area (Å²) in [7, 11) is 0. The van der Waals surface area contributed by atoms with Crippen LogP contribution in [0.25, 0.3) is 0 Å². The standard InChI is InChI=1S/C27H28N4O2/c32-26(16-22-11-6-7-15-28-22)29-17-23-13-14-24-19-31(27(33)20-8-2-1-3-9-20)25-12-5-4-10-21(25)18-30(23)24/h1-12,15,23-24H,13-14,16-19H2,(H,29,32)/t23-,24+/m0/s1. The van der Waals surface area contributed by atoms with Crippen LogP contribution in [0.3, 0.4) is 0 Å². The Morgan fingerprint density at radius 3 is 2.55 bits per heavy atom. The number of amides is 2. The number of fused-ring (bicyclic) bond motifs is 2. The van der Waals surface area contributed by atoms with Crippen LogP contribution in [-0.2, 0) is 17.8 Å². The number of rotatable bonds is 5. The van der Waals surface area contributed by atoms with Crippen LogP contribution in [0.15, 0.2) is 79.0 Å². The van der Waals surface area contributed by atoms with E-state index in [2.05, 4.69) is 21.3 Å². The molecule has 5 rings (SSSR count). The smallest absolute Gasteiger partial charge is 0.258 e. The van der Waals surface area contributed by atoms with Gasteiger partial charge in [0, 0.05) is 54.9 Å². The fraction of sp³-hybridized carbons (Fsp3) is 0.296. The first-order valence-electron chi connectivity index (χ1n) is 11.6. The third kappa shape index (κ3) is 4.66. The van der Waals surface area contributed by atoms with Gasteiger partial charge in [-0.2, -0.15) is 0 Å². The van der Waals surface area contributed by atoms with Crippen LogP contribution in [0.2, 0.25) is 0 Å². The summed E-state index contributed by atoms with van der Waals surface area (Å²) in [6.07, 6.45) is 4.01. The van der Waals surface area contributed by atoms with Gasteiger partial charge in [0.15, 0.2) is 0 Å². The number of hydrogen-bond acceptors (Lipinski definition) is 4. The molecule has 0 spiro atoms. The highest BCUT2D eigenvalue weighted by Gasteiger charge is 2.38. The molecular formula is C27H28N4O2. The van der Waals surface area contributed by atoms with Crippen molar-refractivity contribution in [1.29, 1.82) is 0 Å². The molecule has 0 aliphatic carbocycles. The molecule has 1 N–H and O–H groups in total. The molecule has 2 amide bonds. The molecule has 3 heterocycles. The topological polar surface area (TPSA) is 65.5 Å². The number of pyridine rings is 1. The monoisotopic (exact) mass is 440 g/mol. The van der Waals surface area contributed by atoms with E-state index in [0.29, 0.717) is 25.1 Å². The van der Waals surface area contributed by atoms with Crippen molar-refractivity contribution in [2.75, 3.05) is 18.0 Å². The Kier molecular flexibility index (Phi) is 6.17. The van der Waals surface area contributed by atoms with E-state index in [-0.39, 0.29) is 23.9 Å². The lowest BCUT2D eigenvalue weighted by molar-refractivity contribution is -0.120. The summed E-state index contributed by atoms with van der Waals surface area (Å²) in [5.74, 6) is 0.0327. The minimum atomic E-state index is -0.00625. The first-order chi connectivity index (χ1) is 16.2. The first-order valence-corrected chi connectivity index (χ1v) is 11.6. The van der Waals surface area contributed by atoms with E-state index >= 15 is 0 Å².